The Balaban J connectivity index is 0.000000127. The Labute approximate surface area is 470 Å². The molecule has 15 nitrogen and oxygen atoms in total. The minimum Gasteiger partial charge on any atom is -0.394 e. The van der Waals surface area contributed by atoms with E-state index in [1.807, 2.05) is 11.5 Å². The van der Waals surface area contributed by atoms with E-state index in [1.165, 1.54) is 42.9 Å². The molecule has 6 aliphatic rings. The maximum Gasteiger partial charge on any atom is 0.256 e. The fourth-order valence-electron chi connectivity index (χ4n) is 11.4. The number of amidine groups is 2. The number of rotatable bonds is 9. The van der Waals surface area contributed by atoms with Gasteiger partial charge in [0.1, 0.15) is 28.3 Å². The van der Waals surface area contributed by atoms with Gasteiger partial charge in [0.2, 0.25) is 0 Å². The van der Waals surface area contributed by atoms with Gasteiger partial charge in [-0.15, -0.1) is 11.3 Å². The van der Waals surface area contributed by atoms with Crippen LogP contribution in [0.25, 0.3) is 11.0 Å². The Kier molecular flexibility index (Phi) is 17.6. The van der Waals surface area contributed by atoms with Crippen molar-refractivity contribution in [2.75, 3.05) is 111 Å². The molecule has 3 saturated heterocycles. The predicted molar refractivity (Wildman–Crippen MR) is 315 cm³/mol. The number of nitrogens with zero attached hydrogens (tertiary/aromatic N) is 10. The van der Waals surface area contributed by atoms with Crippen LogP contribution in [0.3, 0.4) is 0 Å². The van der Waals surface area contributed by atoms with Gasteiger partial charge in [0.25, 0.3) is 5.56 Å². The summed E-state index contributed by atoms with van der Waals surface area (Å²) in [5, 5.41) is 18.7. The van der Waals surface area contributed by atoms with E-state index in [1.54, 1.807) is 29.2 Å². The van der Waals surface area contributed by atoms with Gasteiger partial charge in [-0.05, 0) is 115 Å². The highest BCUT2D eigenvalue weighted by molar-refractivity contribution is 7.99. The molecule has 0 amide bonds. The largest absolute Gasteiger partial charge is 0.394 e. The average Bonchev–Trinajstić information content (AvgIpc) is 4.05. The first-order chi connectivity index (χ1) is 38.6. The zero-order valence-electron chi connectivity index (χ0n) is 45.7. The highest BCUT2D eigenvalue weighted by Crippen LogP contribution is 2.42. The van der Waals surface area contributed by atoms with E-state index in [-0.39, 0.29) is 18.0 Å². The number of benzene rings is 4. The van der Waals surface area contributed by atoms with E-state index in [0.29, 0.717) is 24.7 Å². The fraction of sp³-hybridized carbons (Fsp3) is 0.426. The van der Waals surface area contributed by atoms with Crippen molar-refractivity contribution in [3.63, 3.8) is 0 Å². The number of ether oxygens (including phenoxy) is 1. The molecule has 4 aromatic carbocycles. The minimum absolute atomic E-state index is 0.0898. The molecular formula is C61H72FN11O4S2. The topological polar surface area (TPSA) is 143 Å². The normalized spacial score (nSPS) is 17.7. The van der Waals surface area contributed by atoms with E-state index in [0.717, 1.165) is 181 Å². The van der Waals surface area contributed by atoms with Gasteiger partial charge in [-0.1, -0.05) is 59.4 Å². The third kappa shape index (κ3) is 12.9. The van der Waals surface area contributed by atoms with Gasteiger partial charge in [-0.3, -0.25) is 14.3 Å². The summed E-state index contributed by atoms with van der Waals surface area (Å²) in [6.07, 6.45) is 5.81. The van der Waals surface area contributed by atoms with Gasteiger partial charge >= 0.3 is 0 Å². The number of nitrogens with one attached hydrogen (secondary N) is 1. The van der Waals surface area contributed by atoms with Gasteiger partial charge in [0.15, 0.2) is 5.58 Å². The number of piperazine rings is 2. The summed E-state index contributed by atoms with van der Waals surface area (Å²) in [5.74, 6) is 3.17. The second-order valence-corrected chi connectivity index (χ2v) is 23.6. The number of aliphatic hydroxyl groups excluding tert-OH is 1. The monoisotopic (exact) mass is 1110 g/mol. The number of likely N-dealkylation sites (N-methyl/N-ethyl adjacent to an activating group) is 1. The summed E-state index contributed by atoms with van der Waals surface area (Å²) in [6.45, 7) is 18.0. The van der Waals surface area contributed by atoms with Crippen molar-refractivity contribution >= 4 is 67.8 Å². The number of aliphatic imine (C=N–C) groups is 2. The molecule has 0 bridgehead atoms. The molecule has 2 N–H and O–H groups in total. The number of fused-ring (bicyclic) bond motifs is 6. The SMILES string of the molecule is Cc1cc2c(s1)Nc1ccccc1N=C2N1CCN(C)CC1.Cc1nc2n(c(=O)c1CCN1CCC(c3noc4cc(F)ccc34)CC1)CCCC2.OCCOCCN1CCN(C2=Nc3ccccc3Sc3ccccc32)CC1. The van der Waals surface area contributed by atoms with Crippen molar-refractivity contribution in [1.82, 2.24) is 39.2 Å². The van der Waals surface area contributed by atoms with Crippen molar-refractivity contribution in [1.29, 1.82) is 0 Å². The number of aryl methyl sites for hydroxylation is 3. The van der Waals surface area contributed by atoms with Gasteiger partial charge in [-0.25, -0.2) is 19.4 Å². The fourth-order valence-corrected chi connectivity index (χ4v) is 13.3. The molecule has 3 aromatic heterocycles. The lowest BCUT2D eigenvalue weighted by atomic mass is 9.91. The second-order valence-electron chi connectivity index (χ2n) is 21.2. The molecule has 6 aliphatic heterocycles. The first-order valence-electron chi connectivity index (χ1n) is 28.1. The molecule has 9 heterocycles. The molecule has 7 aromatic rings. The lowest BCUT2D eigenvalue weighted by Crippen LogP contribution is -2.49. The van der Waals surface area contributed by atoms with E-state index in [2.05, 4.69) is 128 Å². The Hall–Kier alpha value is -6.25. The number of halogens is 1. The maximum atomic E-state index is 13.4. The van der Waals surface area contributed by atoms with E-state index in [9.17, 15) is 9.18 Å². The quantitative estimate of drug-likeness (QED) is 0.133. The van der Waals surface area contributed by atoms with Crippen LogP contribution in [0.15, 0.2) is 126 Å². The summed E-state index contributed by atoms with van der Waals surface area (Å²) < 4.78 is 26.0. The van der Waals surface area contributed by atoms with Crippen LogP contribution in [0, 0.1) is 19.7 Å². The van der Waals surface area contributed by atoms with Crippen LogP contribution < -0.4 is 10.9 Å². The van der Waals surface area contributed by atoms with Crippen molar-refractivity contribution in [2.24, 2.45) is 9.98 Å². The smallest absolute Gasteiger partial charge is 0.256 e. The summed E-state index contributed by atoms with van der Waals surface area (Å²) in [7, 11) is 2.18. The highest BCUT2D eigenvalue weighted by atomic mass is 32.2. The molecule has 414 valence electrons. The number of hydrogen-bond acceptors (Lipinski definition) is 16. The van der Waals surface area contributed by atoms with Crippen LogP contribution in [-0.2, 0) is 24.1 Å². The third-order valence-corrected chi connectivity index (χ3v) is 18.0. The summed E-state index contributed by atoms with van der Waals surface area (Å²) in [5.41, 5.74) is 9.01. The van der Waals surface area contributed by atoms with E-state index >= 15 is 0 Å². The molecular weight excluding hydrogens is 1030 g/mol. The zero-order chi connectivity index (χ0) is 54.2. The number of aromatic nitrogens is 3. The van der Waals surface area contributed by atoms with Gasteiger partial charge in [0.05, 0.1) is 48.1 Å². The molecule has 0 atom stereocenters. The number of para-hydroxylation sites is 3. The van der Waals surface area contributed by atoms with Crippen LogP contribution in [0.5, 0.6) is 0 Å². The Morgan fingerprint density at radius 2 is 1.44 bits per heavy atom. The number of anilines is 2. The van der Waals surface area contributed by atoms with Gasteiger partial charge < -0.3 is 39.3 Å². The van der Waals surface area contributed by atoms with E-state index < -0.39 is 0 Å². The van der Waals surface area contributed by atoms with Crippen LogP contribution in [0.4, 0.5) is 26.5 Å². The first kappa shape index (κ1) is 54.7. The lowest BCUT2D eigenvalue weighted by Gasteiger charge is -2.36. The van der Waals surface area contributed by atoms with Crippen LogP contribution in [-0.4, -0.2) is 161 Å². The number of aliphatic hydroxyl groups is 1. The van der Waals surface area contributed by atoms with Crippen LogP contribution in [0.1, 0.15) is 70.4 Å². The van der Waals surface area contributed by atoms with Gasteiger partial charge in [0, 0.05) is 127 Å². The Morgan fingerprint density at radius 1 is 0.747 bits per heavy atom. The van der Waals surface area contributed by atoms with Crippen LogP contribution in [0.2, 0.25) is 0 Å². The van der Waals surface area contributed by atoms with Crippen molar-refractivity contribution < 1.29 is 18.8 Å². The molecule has 3 fully saturated rings. The summed E-state index contributed by atoms with van der Waals surface area (Å²) in [4.78, 5) is 43.6. The number of thiophene rings is 1. The molecule has 0 radical (unpaired) electrons. The lowest BCUT2D eigenvalue weighted by molar-refractivity contribution is 0.0652. The van der Waals surface area contributed by atoms with Crippen molar-refractivity contribution in [3.8, 4) is 0 Å². The standard InChI is InChI=1S/C23H27FN4O2.C21H25N3O2S.C17H20N4S/c1-15-18(23(29)28-10-3-2-4-21(28)25-15)9-13-27-11-7-16(8-12-27)22-19-6-5-17(24)14-20(19)30-26-22;25-14-16-26-15-13-23-9-11-24(12-10-23)21-17-5-1-3-7-19(17)27-20-8-4-2-6-18(20)22-21;1-12-11-13-16(21-9-7-20(2)8-10-21)18-14-5-3-4-6-15(14)19-17(13)22-12/h5-6,14,16H,2-4,7-13H2,1H3;1-8,25H,9-16H2;3-6,11,19H,7-10H2,1-2H3. The Bertz CT molecular complexity index is 3350. The number of piperidine rings is 1. The molecule has 0 aliphatic carbocycles. The molecule has 79 heavy (non-hydrogen) atoms. The molecule has 0 spiro atoms. The first-order valence-corrected chi connectivity index (χ1v) is 29.8. The molecule has 13 rings (SSSR count). The minimum atomic E-state index is -0.303. The number of hydrogen-bond donors (Lipinski definition) is 2. The van der Waals surface area contributed by atoms with Crippen molar-refractivity contribution in [3.05, 3.63) is 152 Å². The van der Waals surface area contributed by atoms with Crippen LogP contribution >= 0.6 is 23.1 Å². The third-order valence-electron chi connectivity index (χ3n) is 15.9. The summed E-state index contributed by atoms with van der Waals surface area (Å²) >= 11 is 3.61. The molecule has 0 unspecified atom stereocenters. The predicted octanol–water partition coefficient (Wildman–Crippen LogP) is 9.89. The van der Waals surface area contributed by atoms with Gasteiger partial charge in [-0.2, -0.15) is 0 Å². The molecule has 18 heteroatoms. The highest BCUT2D eigenvalue weighted by Gasteiger charge is 2.29. The average molecular weight is 1110 g/mol. The zero-order valence-corrected chi connectivity index (χ0v) is 47.3. The number of likely N-dealkylation sites (tertiary alicyclic amines) is 1. The second kappa shape index (κ2) is 25.5. The Morgan fingerprint density at radius 3 is 2.24 bits per heavy atom. The maximum absolute atomic E-state index is 13.4. The van der Waals surface area contributed by atoms with E-state index in [4.69, 9.17) is 29.3 Å². The summed E-state index contributed by atoms with van der Waals surface area (Å²) in [6, 6.07) is 32.1. The molecule has 0 saturated carbocycles. The van der Waals surface area contributed by atoms with Crippen molar-refractivity contribution in [2.45, 2.75) is 74.6 Å².